The SMILES string of the molecule is O=c1[nH]nc2c(N3CCc4ccccc4C3)nccn12. The fraction of sp³-hybridized carbons (Fsp3) is 0.214. The van der Waals surface area contributed by atoms with Crippen LogP contribution in [0, 0.1) is 0 Å². The molecule has 1 aromatic carbocycles. The minimum Gasteiger partial charge on any atom is -0.349 e. The number of aromatic nitrogens is 4. The number of anilines is 1. The van der Waals surface area contributed by atoms with Crippen LogP contribution in [0.5, 0.6) is 0 Å². The van der Waals surface area contributed by atoms with E-state index in [0.29, 0.717) is 5.65 Å². The van der Waals surface area contributed by atoms with E-state index in [1.807, 2.05) is 0 Å². The fourth-order valence-corrected chi connectivity index (χ4v) is 2.73. The number of fused-ring (bicyclic) bond motifs is 2. The minimum absolute atomic E-state index is 0.235. The molecule has 6 heteroatoms. The molecule has 2 aromatic heterocycles. The van der Waals surface area contributed by atoms with Gasteiger partial charge in [0.2, 0.25) is 5.65 Å². The van der Waals surface area contributed by atoms with Crippen molar-refractivity contribution in [1.82, 2.24) is 19.6 Å². The molecule has 0 radical (unpaired) electrons. The highest BCUT2D eigenvalue weighted by molar-refractivity contribution is 5.64. The standard InChI is InChI=1S/C14H13N5O/c20-14-17-16-13-12(15-6-8-19(13)14)18-7-5-10-3-1-2-4-11(10)9-18/h1-4,6,8H,5,7,9H2,(H,17,20). The summed E-state index contributed by atoms with van der Waals surface area (Å²) in [4.78, 5) is 18.2. The molecule has 0 bridgehead atoms. The zero-order chi connectivity index (χ0) is 13.5. The van der Waals surface area contributed by atoms with Gasteiger partial charge in [-0.2, -0.15) is 0 Å². The number of nitrogens with zero attached hydrogens (tertiary/aromatic N) is 4. The van der Waals surface area contributed by atoms with Gasteiger partial charge in [0.1, 0.15) is 0 Å². The first-order valence-electron chi connectivity index (χ1n) is 6.56. The van der Waals surface area contributed by atoms with Gasteiger partial charge in [-0.3, -0.25) is 0 Å². The largest absolute Gasteiger partial charge is 0.349 e. The number of nitrogens with one attached hydrogen (secondary N) is 1. The highest BCUT2D eigenvalue weighted by atomic mass is 16.1. The topological polar surface area (TPSA) is 66.3 Å². The molecule has 6 nitrogen and oxygen atoms in total. The van der Waals surface area contributed by atoms with Gasteiger partial charge < -0.3 is 4.90 Å². The van der Waals surface area contributed by atoms with Crippen LogP contribution in [0.25, 0.3) is 5.65 Å². The van der Waals surface area contributed by atoms with E-state index in [-0.39, 0.29) is 5.69 Å². The molecule has 3 heterocycles. The van der Waals surface area contributed by atoms with E-state index in [1.165, 1.54) is 15.5 Å². The normalized spacial score (nSPS) is 14.5. The van der Waals surface area contributed by atoms with E-state index in [0.717, 1.165) is 25.3 Å². The summed E-state index contributed by atoms with van der Waals surface area (Å²) in [5.74, 6) is 0.750. The van der Waals surface area contributed by atoms with Gasteiger partial charge in [-0.15, -0.1) is 5.10 Å². The summed E-state index contributed by atoms with van der Waals surface area (Å²) in [6, 6.07) is 8.42. The lowest BCUT2D eigenvalue weighted by atomic mass is 10.00. The lowest BCUT2D eigenvalue weighted by molar-refractivity contribution is 0.720. The summed E-state index contributed by atoms with van der Waals surface area (Å²) in [7, 11) is 0. The summed E-state index contributed by atoms with van der Waals surface area (Å²) >= 11 is 0. The van der Waals surface area contributed by atoms with Crippen molar-refractivity contribution in [1.29, 1.82) is 0 Å². The Labute approximate surface area is 114 Å². The third kappa shape index (κ3) is 1.61. The Morgan fingerprint density at radius 3 is 2.95 bits per heavy atom. The van der Waals surface area contributed by atoms with Gasteiger partial charge in [-0.25, -0.2) is 19.3 Å². The van der Waals surface area contributed by atoms with Crippen LogP contribution in [0.3, 0.4) is 0 Å². The van der Waals surface area contributed by atoms with Crippen molar-refractivity contribution in [3.05, 3.63) is 58.3 Å². The van der Waals surface area contributed by atoms with E-state index in [9.17, 15) is 4.79 Å². The molecule has 0 atom stereocenters. The van der Waals surface area contributed by atoms with Crippen LogP contribution in [0.15, 0.2) is 41.5 Å². The quantitative estimate of drug-likeness (QED) is 0.713. The van der Waals surface area contributed by atoms with Crippen LogP contribution in [-0.4, -0.2) is 26.1 Å². The van der Waals surface area contributed by atoms with E-state index in [4.69, 9.17) is 0 Å². The zero-order valence-corrected chi connectivity index (χ0v) is 10.8. The lowest BCUT2D eigenvalue weighted by Gasteiger charge is -2.29. The van der Waals surface area contributed by atoms with Crippen molar-refractivity contribution >= 4 is 11.5 Å². The van der Waals surface area contributed by atoms with E-state index < -0.39 is 0 Å². The molecule has 20 heavy (non-hydrogen) atoms. The van der Waals surface area contributed by atoms with Gasteiger partial charge in [-0.1, -0.05) is 24.3 Å². The lowest BCUT2D eigenvalue weighted by Crippen LogP contribution is -2.31. The van der Waals surface area contributed by atoms with Crippen molar-refractivity contribution in [2.75, 3.05) is 11.4 Å². The Morgan fingerprint density at radius 2 is 2.05 bits per heavy atom. The van der Waals surface area contributed by atoms with Crippen LogP contribution in [0.2, 0.25) is 0 Å². The van der Waals surface area contributed by atoms with Crippen molar-refractivity contribution in [2.45, 2.75) is 13.0 Å². The molecule has 0 aliphatic carbocycles. The molecule has 0 fully saturated rings. The molecule has 3 aromatic rings. The van der Waals surface area contributed by atoms with Crippen LogP contribution < -0.4 is 10.6 Å². The number of hydrogen-bond acceptors (Lipinski definition) is 4. The molecule has 0 amide bonds. The highest BCUT2D eigenvalue weighted by Crippen LogP contribution is 2.24. The van der Waals surface area contributed by atoms with Crippen molar-refractivity contribution < 1.29 is 0 Å². The predicted octanol–water partition coefficient (Wildman–Crippen LogP) is 0.980. The Balaban J connectivity index is 1.80. The predicted molar refractivity (Wildman–Crippen MR) is 74.8 cm³/mol. The maximum atomic E-state index is 11.6. The number of hydrogen-bond donors (Lipinski definition) is 1. The summed E-state index contributed by atoms with van der Waals surface area (Å²) in [6.45, 7) is 1.68. The first kappa shape index (κ1) is 11.2. The van der Waals surface area contributed by atoms with Crippen LogP contribution >= 0.6 is 0 Å². The fourth-order valence-electron chi connectivity index (χ4n) is 2.73. The van der Waals surface area contributed by atoms with E-state index in [2.05, 4.69) is 44.3 Å². The number of H-pyrrole nitrogens is 1. The molecular weight excluding hydrogens is 254 g/mol. The van der Waals surface area contributed by atoms with Crippen molar-refractivity contribution in [3.8, 4) is 0 Å². The Hall–Kier alpha value is -2.63. The van der Waals surface area contributed by atoms with Gasteiger partial charge >= 0.3 is 5.69 Å². The first-order chi connectivity index (χ1) is 9.83. The number of aromatic amines is 1. The number of rotatable bonds is 1. The summed E-state index contributed by atoms with van der Waals surface area (Å²) in [6.07, 6.45) is 4.25. The average molecular weight is 267 g/mol. The minimum atomic E-state index is -0.235. The number of benzene rings is 1. The molecule has 100 valence electrons. The highest BCUT2D eigenvalue weighted by Gasteiger charge is 2.20. The van der Waals surface area contributed by atoms with Gasteiger partial charge in [0, 0.05) is 25.5 Å². The van der Waals surface area contributed by atoms with Crippen LogP contribution in [-0.2, 0) is 13.0 Å². The van der Waals surface area contributed by atoms with Crippen LogP contribution in [0.1, 0.15) is 11.1 Å². The molecule has 0 spiro atoms. The first-order valence-corrected chi connectivity index (χ1v) is 6.56. The van der Waals surface area contributed by atoms with Crippen molar-refractivity contribution in [3.63, 3.8) is 0 Å². The third-order valence-electron chi connectivity index (χ3n) is 3.75. The Morgan fingerprint density at radius 1 is 1.20 bits per heavy atom. The second kappa shape index (κ2) is 4.19. The summed E-state index contributed by atoms with van der Waals surface area (Å²) in [5, 5.41) is 6.54. The second-order valence-electron chi connectivity index (χ2n) is 4.91. The Bertz CT molecular complexity index is 835. The zero-order valence-electron chi connectivity index (χ0n) is 10.8. The van der Waals surface area contributed by atoms with E-state index >= 15 is 0 Å². The summed E-state index contributed by atoms with van der Waals surface area (Å²) < 4.78 is 1.49. The Kier molecular flexibility index (Phi) is 2.35. The monoisotopic (exact) mass is 267 g/mol. The molecule has 0 saturated carbocycles. The third-order valence-corrected chi connectivity index (χ3v) is 3.75. The molecule has 1 aliphatic rings. The maximum absolute atomic E-state index is 11.6. The average Bonchev–Trinajstić information content (AvgIpc) is 2.88. The molecule has 1 N–H and O–H groups in total. The van der Waals surface area contributed by atoms with Gasteiger partial charge in [0.15, 0.2) is 5.82 Å². The van der Waals surface area contributed by atoms with Gasteiger partial charge in [0.05, 0.1) is 0 Å². The van der Waals surface area contributed by atoms with Crippen molar-refractivity contribution in [2.24, 2.45) is 0 Å². The van der Waals surface area contributed by atoms with Crippen LogP contribution in [0.4, 0.5) is 5.82 Å². The van der Waals surface area contributed by atoms with Gasteiger partial charge in [0.25, 0.3) is 0 Å². The van der Waals surface area contributed by atoms with E-state index in [1.54, 1.807) is 12.4 Å². The molecular formula is C14H13N5O. The maximum Gasteiger partial charge on any atom is 0.347 e. The molecule has 0 unspecified atom stereocenters. The second-order valence-corrected chi connectivity index (χ2v) is 4.91. The molecule has 4 rings (SSSR count). The summed E-state index contributed by atoms with van der Waals surface area (Å²) in [5.41, 5.74) is 3.04. The molecule has 0 saturated heterocycles. The molecule has 1 aliphatic heterocycles. The smallest absolute Gasteiger partial charge is 0.347 e. The van der Waals surface area contributed by atoms with Gasteiger partial charge in [-0.05, 0) is 17.5 Å².